The molecule has 11 nitrogen and oxygen atoms in total. The molecule has 0 aliphatic carbocycles. The molecule has 2 heterocycles. The molecule has 11 heteroatoms. The Balaban J connectivity index is 1.90. The van der Waals surface area contributed by atoms with Crippen molar-refractivity contribution in [2.24, 2.45) is 19.2 Å². The third-order valence-corrected chi connectivity index (χ3v) is 4.49. The van der Waals surface area contributed by atoms with Gasteiger partial charge in [0.15, 0.2) is 17.1 Å². The molecule has 1 aromatic carbocycles. The lowest BCUT2D eigenvalue weighted by molar-refractivity contribution is 0.0956. The summed E-state index contributed by atoms with van der Waals surface area (Å²) in [5.41, 5.74) is 7.79. The van der Waals surface area contributed by atoms with Gasteiger partial charge in [0.05, 0.1) is 31.4 Å². The van der Waals surface area contributed by atoms with Gasteiger partial charge >= 0.3 is 5.69 Å². The summed E-state index contributed by atoms with van der Waals surface area (Å²) in [5, 5.41) is 3.98. The highest BCUT2D eigenvalue weighted by atomic mass is 16.5. The predicted molar refractivity (Wildman–Crippen MR) is 111 cm³/mol. The summed E-state index contributed by atoms with van der Waals surface area (Å²) in [7, 11) is 5.84. The number of hydrazone groups is 1. The third kappa shape index (κ3) is 3.60. The van der Waals surface area contributed by atoms with Crippen molar-refractivity contribution >= 4 is 29.0 Å². The van der Waals surface area contributed by atoms with Gasteiger partial charge in [0.2, 0.25) is 0 Å². The Morgan fingerprint density at radius 3 is 2.50 bits per heavy atom. The molecule has 0 atom stereocenters. The summed E-state index contributed by atoms with van der Waals surface area (Å²) in [6.07, 6.45) is 1.41. The van der Waals surface area contributed by atoms with Crippen molar-refractivity contribution in [1.82, 2.24) is 19.5 Å². The molecule has 30 heavy (non-hydrogen) atoms. The number of hydrogen-bond donors (Lipinski definition) is 2. The van der Waals surface area contributed by atoms with Crippen molar-refractivity contribution in [2.45, 2.75) is 0 Å². The minimum absolute atomic E-state index is 0.0392. The van der Waals surface area contributed by atoms with E-state index in [-0.39, 0.29) is 22.4 Å². The maximum atomic E-state index is 12.5. The van der Waals surface area contributed by atoms with E-state index < -0.39 is 17.2 Å². The van der Waals surface area contributed by atoms with E-state index in [4.69, 9.17) is 15.2 Å². The average Bonchev–Trinajstić information content (AvgIpc) is 2.75. The molecule has 3 rings (SSSR count). The number of hydrogen-bond acceptors (Lipinski definition) is 8. The number of aryl methyl sites for hydroxylation is 1. The molecule has 0 aliphatic heterocycles. The van der Waals surface area contributed by atoms with Gasteiger partial charge in [-0.15, -0.1) is 0 Å². The summed E-state index contributed by atoms with van der Waals surface area (Å²) in [4.78, 5) is 41.0. The molecule has 3 N–H and O–H groups in total. The summed E-state index contributed by atoms with van der Waals surface area (Å²) in [5.74, 6) is 0.279. The number of pyridine rings is 1. The van der Waals surface area contributed by atoms with Crippen LogP contribution in [0.25, 0.3) is 11.0 Å². The topological polar surface area (TPSA) is 143 Å². The number of nitrogens with two attached hydrogens (primary N) is 1. The molecule has 0 spiro atoms. The minimum atomic E-state index is -0.658. The second-order valence-electron chi connectivity index (χ2n) is 6.31. The number of aromatic nitrogens is 3. The van der Waals surface area contributed by atoms with E-state index >= 15 is 0 Å². The van der Waals surface area contributed by atoms with Crippen molar-refractivity contribution in [3.8, 4) is 11.5 Å². The van der Waals surface area contributed by atoms with E-state index in [2.05, 4.69) is 15.5 Å². The number of ether oxygens (including phenoxy) is 2. The van der Waals surface area contributed by atoms with E-state index in [9.17, 15) is 14.4 Å². The molecule has 0 aliphatic rings. The number of nitrogen functional groups attached to an aromatic ring is 1. The van der Waals surface area contributed by atoms with Crippen molar-refractivity contribution < 1.29 is 14.3 Å². The highest BCUT2D eigenvalue weighted by Gasteiger charge is 2.17. The van der Waals surface area contributed by atoms with Gasteiger partial charge in [-0.1, -0.05) is 0 Å². The standard InChI is InChI=1S/C19H20N6O5/c1-24-16-12(18(27)25(2)19(24)28)8-11(15(20)22-16)17(26)23-21-9-10-5-6-13(29-3)14(7-10)30-4/h5-9H,1-4H3,(H2,20,22)(H,23,26)/b21-9-. The van der Waals surface area contributed by atoms with Gasteiger partial charge < -0.3 is 15.2 Å². The molecular formula is C19H20N6O5. The zero-order chi connectivity index (χ0) is 22.0. The van der Waals surface area contributed by atoms with Crippen LogP contribution < -0.4 is 31.9 Å². The first-order chi connectivity index (χ1) is 14.3. The first kappa shape index (κ1) is 20.6. The van der Waals surface area contributed by atoms with Crippen molar-refractivity contribution in [2.75, 3.05) is 20.0 Å². The van der Waals surface area contributed by atoms with Crippen LogP contribution in [-0.2, 0) is 14.1 Å². The minimum Gasteiger partial charge on any atom is -0.493 e. The number of rotatable bonds is 5. The molecule has 0 saturated carbocycles. The van der Waals surface area contributed by atoms with Crippen LogP contribution in [0, 0.1) is 0 Å². The third-order valence-electron chi connectivity index (χ3n) is 4.49. The monoisotopic (exact) mass is 412 g/mol. The second-order valence-corrected chi connectivity index (χ2v) is 6.31. The maximum Gasteiger partial charge on any atom is 0.332 e. The Morgan fingerprint density at radius 2 is 1.83 bits per heavy atom. The van der Waals surface area contributed by atoms with Gasteiger partial charge in [-0.2, -0.15) is 5.10 Å². The number of carbonyl (C=O) groups is 1. The predicted octanol–water partition coefficient (Wildman–Crippen LogP) is -0.00450. The van der Waals surface area contributed by atoms with Crippen LogP contribution in [0.1, 0.15) is 15.9 Å². The number of amides is 1. The van der Waals surface area contributed by atoms with E-state index in [1.165, 1.54) is 45.2 Å². The normalized spacial score (nSPS) is 11.1. The van der Waals surface area contributed by atoms with Crippen LogP contribution in [0.4, 0.5) is 5.82 Å². The Morgan fingerprint density at radius 1 is 1.13 bits per heavy atom. The lowest BCUT2D eigenvalue weighted by Gasteiger charge is -2.10. The molecule has 0 fully saturated rings. The summed E-state index contributed by atoms with van der Waals surface area (Å²) in [6.45, 7) is 0. The van der Waals surface area contributed by atoms with Crippen LogP contribution in [0.5, 0.6) is 11.5 Å². The summed E-state index contributed by atoms with van der Waals surface area (Å²) < 4.78 is 12.5. The number of methoxy groups -OCH3 is 2. The fraction of sp³-hybridized carbons (Fsp3) is 0.211. The Hall–Kier alpha value is -4.15. The number of fused-ring (bicyclic) bond motifs is 1. The molecule has 0 saturated heterocycles. The number of nitrogens with one attached hydrogen (secondary N) is 1. The highest BCUT2D eigenvalue weighted by molar-refractivity contribution is 6.01. The van der Waals surface area contributed by atoms with Crippen molar-refractivity contribution in [3.63, 3.8) is 0 Å². The van der Waals surface area contributed by atoms with E-state index in [0.29, 0.717) is 17.1 Å². The summed E-state index contributed by atoms with van der Waals surface area (Å²) >= 11 is 0. The quantitative estimate of drug-likeness (QED) is 0.443. The molecule has 2 aromatic heterocycles. The van der Waals surface area contributed by atoms with E-state index in [1.54, 1.807) is 18.2 Å². The molecular weight excluding hydrogens is 392 g/mol. The van der Waals surface area contributed by atoms with Gasteiger partial charge in [0.25, 0.3) is 11.5 Å². The number of nitrogens with zero attached hydrogens (tertiary/aromatic N) is 4. The van der Waals surface area contributed by atoms with Crippen molar-refractivity contribution in [1.29, 1.82) is 0 Å². The van der Waals surface area contributed by atoms with Gasteiger partial charge in [-0.3, -0.25) is 18.7 Å². The smallest absolute Gasteiger partial charge is 0.332 e. The van der Waals surface area contributed by atoms with E-state index in [1.807, 2.05) is 0 Å². The van der Waals surface area contributed by atoms with Crippen LogP contribution in [-0.4, -0.2) is 40.5 Å². The largest absolute Gasteiger partial charge is 0.493 e. The molecule has 156 valence electrons. The van der Waals surface area contributed by atoms with Crippen LogP contribution in [0.3, 0.4) is 0 Å². The number of benzene rings is 1. The highest BCUT2D eigenvalue weighted by Crippen LogP contribution is 2.26. The van der Waals surface area contributed by atoms with Gasteiger partial charge in [0, 0.05) is 14.1 Å². The Labute approximate surface area is 170 Å². The maximum absolute atomic E-state index is 12.5. The molecule has 0 unspecified atom stereocenters. The SMILES string of the molecule is COc1ccc(/C=N\NC(=O)c2cc3c(=O)n(C)c(=O)n(C)c3nc2N)cc1OC. The first-order valence-electron chi connectivity index (χ1n) is 8.70. The lowest BCUT2D eigenvalue weighted by Crippen LogP contribution is -2.37. The number of carbonyl (C=O) groups excluding carboxylic acids is 1. The van der Waals surface area contributed by atoms with E-state index in [0.717, 1.165) is 4.57 Å². The zero-order valence-corrected chi connectivity index (χ0v) is 16.8. The fourth-order valence-corrected chi connectivity index (χ4v) is 2.85. The second kappa shape index (κ2) is 8.07. The molecule has 0 radical (unpaired) electrons. The lowest BCUT2D eigenvalue weighted by atomic mass is 10.2. The van der Waals surface area contributed by atoms with Crippen molar-refractivity contribution in [3.05, 3.63) is 56.2 Å². The molecule has 3 aromatic rings. The van der Waals surface area contributed by atoms with Crippen LogP contribution >= 0.6 is 0 Å². The zero-order valence-electron chi connectivity index (χ0n) is 16.8. The summed E-state index contributed by atoms with van der Waals surface area (Å²) in [6, 6.07) is 6.41. The average molecular weight is 412 g/mol. The molecule has 0 bridgehead atoms. The number of anilines is 1. The molecule has 1 amide bonds. The van der Waals surface area contributed by atoms with Crippen LogP contribution in [0.2, 0.25) is 0 Å². The Bertz CT molecular complexity index is 1290. The fourth-order valence-electron chi connectivity index (χ4n) is 2.85. The van der Waals surface area contributed by atoms with Gasteiger partial charge in [-0.25, -0.2) is 15.2 Å². The van der Waals surface area contributed by atoms with Gasteiger partial charge in [0.1, 0.15) is 5.82 Å². The van der Waals surface area contributed by atoms with Gasteiger partial charge in [-0.05, 0) is 29.8 Å². The Kier molecular flexibility index (Phi) is 5.54. The van der Waals surface area contributed by atoms with Crippen LogP contribution in [0.15, 0.2) is 39.0 Å². The first-order valence-corrected chi connectivity index (χ1v) is 8.70.